The van der Waals surface area contributed by atoms with Crippen LogP contribution in [0.3, 0.4) is 0 Å². The molecule has 8 heteroatoms. The van der Waals surface area contributed by atoms with E-state index in [-0.39, 0.29) is 0 Å². The monoisotopic (exact) mass is 262 g/mol. The third-order valence-electron chi connectivity index (χ3n) is 1.53. The highest BCUT2D eigenvalue weighted by Gasteiger charge is 2.33. The molecule has 0 saturated heterocycles. The van der Waals surface area contributed by atoms with Crippen molar-refractivity contribution in [1.29, 1.82) is 0 Å². The zero-order valence-corrected chi connectivity index (χ0v) is 8.42. The first-order chi connectivity index (χ1) is 6.62. The average molecular weight is 263 g/mol. The fourth-order valence-corrected chi connectivity index (χ4v) is 1.72. The first-order valence-electron chi connectivity index (χ1n) is 3.44. The molecule has 0 aliphatic heterocycles. The molecule has 2 nitrogen and oxygen atoms in total. The molecule has 0 radical (unpaired) electrons. The molecule has 15 heavy (non-hydrogen) atoms. The lowest BCUT2D eigenvalue weighted by atomic mass is 10.2. The van der Waals surface area contributed by atoms with Crippen molar-refractivity contribution in [3.63, 3.8) is 0 Å². The Balaban J connectivity index is 3.34. The van der Waals surface area contributed by atoms with Crippen molar-refractivity contribution in [2.75, 3.05) is 0 Å². The molecule has 0 heterocycles. The van der Waals surface area contributed by atoms with Gasteiger partial charge in [0.15, 0.2) is 0 Å². The predicted molar refractivity (Wildman–Crippen MR) is 44.7 cm³/mol. The van der Waals surface area contributed by atoms with Crippen LogP contribution in [0.25, 0.3) is 0 Å². The van der Waals surface area contributed by atoms with Gasteiger partial charge in [0, 0.05) is 0 Å². The van der Waals surface area contributed by atoms with Gasteiger partial charge in [0.1, 0.15) is 0 Å². The van der Waals surface area contributed by atoms with Crippen LogP contribution < -0.4 is 0 Å². The number of halogens is 5. The normalized spacial score (nSPS) is 12.9. The molecular weight excluding hydrogens is 260 g/mol. The van der Waals surface area contributed by atoms with E-state index in [1.54, 1.807) is 0 Å². The van der Waals surface area contributed by atoms with Crippen LogP contribution in [0, 0.1) is 0 Å². The van der Waals surface area contributed by atoms with E-state index in [4.69, 9.17) is 11.6 Å². The number of rotatable bonds is 1. The highest BCUT2D eigenvalue weighted by atomic mass is 35.5. The summed E-state index contributed by atoms with van der Waals surface area (Å²) in [5.74, 6) is 0. The number of alkyl halides is 3. The van der Waals surface area contributed by atoms with E-state index in [9.17, 15) is 25.5 Å². The van der Waals surface area contributed by atoms with E-state index < -0.39 is 31.9 Å². The van der Waals surface area contributed by atoms with Gasteiger partial charge in [-0.15, -0.1) is 3.89 Å². The van der Waals surface area contributed by atoms with Gasteiger partial charge in [0.05, 0.1) is 15.5 Å². The van der Waals surface area contributed by atoms with Gasteiger partial charge in [-0.1, -0.05) is 11.6 Å². The van der Waals surface area contributed by atoms with E-state index >= 15 is 0 Å². The third kappa shape index (κ3) is 2.82. The Kier molecular flexibility index (Phi) is 2.97. The molecule has 1 rings (SSSR count). The van der Waals surface area contributed by atoms with Crippen LogP contribution in [0.5, 0.6) is 0 Å². The molecule has 0 bridgehead atoms. The topological polar surface area (TPSA) is 34.1 Å². The zero-order valence-electron chi connectivity index (χ0n) is 6.85. The van der Waals surface area contributed by atoms with Gasteiger partial charge in [0.2, 0.25) is 0 Å². The van der Waals surface area contributed by atoms with Gasteiger partial charge in [0.25, 0.3) is 0 Å². The molecule has 0 N–H and O–H groups in total. The SMILES string of the molecule is O=S(=O)(F)c1ccc(C(F)(F)F)c(Cl)c1. The van der Waals surface area contributed by atoms with E-state index in [2.05, 4.69) is 0 Å². The lowest BCUT2D eigenvalue weighted by Gasteiger charge is -2.08. The number of benzene rings is 1. The van der Waals surface area contributed by atoms with Crippen LogP contribution in [0.2, 0.25) is 5.02 Å². The molecular formula is C7H3ClF4O2S. The zero-order chi connectivity index (χ0) is 11.9. The minimum Gasteiger partial charge on any atom is -0.189 e. The fourth-order valence-electron chi connectivity index (χ4n) is 0.877. The summed E-state index contributed by atoms with van der Waals surface area (Å²) in [6, 6.07) is 1.33. The summed E-state index contributed by atoms with van der Waals surface area (Å²) in [5, 5.41) is -0.860. The first kappa shape index (κ1) is 12.3. The summed E-state index contributed by atoms with van der Waals surface area (Å²) in [5.41, 5.74) is -1.21. The second-order valence-corrected chi connectivity index (χ2v) is 4.33. The first-order valence-corrected chi connectivity index (χ1v) is 5.20. The van der Waals surface area contributed by atoms with E-state index in [0.29, 0.717) is 18.2 Å². The fraction of sp³-hybridized carbons (Fsp3) is 0.143. The maximum absolute atomic E-state index is 12.4. The predicted octanol–water partition coefficient (Wildman–Crippen LogP) is 3.02. The Morgan fingerprint density at radius 1 is 1.20 bits per heavy atom. The molecule has 0 fully saturated rings. The van der Waals surface area contributed by atoms with Gasteiger partial charge >= 0.3 is 16.4 Å². The van der Waals surface area contributed by atoms with Gasteiger partial charge < -0.3 is 0 Å². The van der Waals surface area contributed by atoms with Crippen molar-refractivity contribution in [3.8, 4) is 0 Å². The summed E-state index contributed by atoms with van der Waals surface area (Å²) in [6.07, 6.45) is -4.70. The quantitative estimate of drug-likeness (QED) is 0.576. The molecule has 84 valence electrons. The molecule has 1 aromatic carbocycles. The Bertz CT molecular complexity index is 480. The minimum atomic E-state index is -5.04. The molecule has 0 spiro atoms. The van der Waals surface area contributed by atoms with E-state index in [0.717, 1.165) is 0 Å². The standard InChI is InChI=1S/C7H3ClF4O2S/c8-6-3-4(15(12,13)14)1-2-5(6)7(9,10)11/h1-3H. The second-order valence-electron chi connectivity index (χ2n) is 2.58. The molecule has 0 atom stereocenters. The van der Waals surface area contributed by atoms with Crippen LogP contribution in [-0.2, 0) is 16.4 Å². The molecule has 0 aliphatic rings. The van der Waals surface area contributed by atoms with Gasteiger partial charge in [-0.3, -0.25) is 0 Å². The molecule has 0 unspecified atom stereocenters. The minimum absolute atomic E-state index is 0.412. The summed E-state index contributed by atoms with van der Waals surface area (Å²) in [4.78, 5) is -0.902. The second kappa shape index (κ2) is 3.64. The molecule has 0 saturated carbocycles. The van der Waals surface area contributed by atoms with Crippen molar-refractivity contribution < 1.29 is 25.5 Å². The molecule has 0 aromatic heterocycles. The van der Waals surface area contributed by atoms with Crippen LogP contribution in [0.1, 0.15) is 5.56 Å². The maximum Gasteiger partial charge on any atom is 0.417 e. The average Bonchev–Trinajstić information content (AvgIpc) is 1.99. The molecule has 1 aromatic rings. The van der Waals surface area contributed by atoms with Crippen molar-refractivity contribution in [2.24, 2.45) is 0 Å². The molecule has 0 aliphatic carbocycles. The van der Waals surface area contributed by atoms with Crippen LogP contribution in [-0.4, -0.2) is 8.42 Å². The van der Waals surface area contributed by atoms with Crippen molar-refractivity contribution >= 4 is 21.8 Å². The van der Waals surface area contributed by atoms with Crippen molar-refractivity contribution in [2.45, 2.75) is 11.1 Å². The molecule has 0 amide bonds. The van der Waals surface area contributed by atoms with Crippen LogP contribution in [0.4, 0.5) is 17.1 Å². The highest BCUT2D eigenvalue weighted by Crippen LogP contribution is 2.35. The third-order valence-corrected chi connectivity index (χ3v) is 2.66. The van der Waals surface area contributed by atoms with Crippen LogP contribution in [0.15, 0.2) is 23.1 Å². The van der Waals surface area contributed by atoms with Gasteiger partial charge in [-0.25, -0.2) is 0 Å². The van der Waals surface area contributed by atoms with Crippen LogP contribution >= 0.6 is 11.6 Å². The number of hydrogen-bond acceptors (Lipinski definition) is 2. The lowest BCUT2D eigenvalue weighted by molar-refractivity contribution is -0.137. The lowest BCUT2D eigenvalue weighted by Crippen LogP contribution is -2.06. The Labute approximate surface area is 87.7 Å². The summed E-state index contributed by atoms with van der Waals surface area (Å²) < 4.78 is 69.5. The Hall–Kier alpha value is -0.820. The Morgan fingerprint density at radius 3 is 2.07 bits per heavy atom. The van der Waals surface area contributed by atoms with E-state index in [1.807, 2.05) is 0 Å². The highest BCUT2D eigenvalue weighted by molar-refractivity contribution is 7.86. The Morgan fingerprint density at radius 2 is 1.73 bits per heavy atom. The van der Waals surface area contributed by atoms with Crippen molar-refractivity contribution in [1.82, 2.24) is 0 Å². The smallest absolute Gasteiger partial charge is 0.189 e. The summed E-state index contributed by atoms with van der Waals surface area (Å²) in [6.45, 7) is 0. The van der Waals surface area contributed by atoms with Crippen molar-refractivity contribution in [3.05, 3.63) is 28.8 Å². The maximum atomic E-state index is 12.4. The van der Waals surface area contributed by atoms with Gasteiger partial charge in [-0.2, -0.15) is 21.6 Å². The van der Waals surface area contributed by atoms with E-state index in [1.165, 1.54) is 0 Å². The number of hydrogen-bond donors (Lipinski definition) is 0. The summed E-state index contributed by atoms with van der Waals surface area (Å²) in [7, 11) is -5.04. The largest absolute Gasteiger partial charge is 0.417 e. The van der Waals surface area contributed by atoms with Gasteiger partial charge in [-0.05, 0) is 18.2 Å². The summed E-state index contributed by atoms with van der Waals surface area (Å²) >= 11 is 5.17.